The number of hydrogen-bond acceptors (Lipinski definition) is 2. The first-order valence-corrected chi connectivity index (χ1v) is 6.41. The Morgan fingerprint density at radius 3 is 2.60 bits per heavy atom. The summed E-state index contributed by atoms with van der Waals surface area (Å²) >= 11 is 0. The average molecular weight is 214 g/mol. The van der Waals surface area contributed by atoms with E-state index in [0.717, 1.165) is 32.4 Å². The van der Waals surface area contributed by atoms with E-state index in [1.54, 1.807) is 0 Å². The van der Waals surface area contributed by atoms with Gasteiger partial charge in [0, 0.05) is 13.1 Å². The van der Waals surface area contributed by atoms with Gasteiger partial charge in [-0.2, -0.15) is 0 Å². The number of rotatable bonds is 3. The maximum atomic E-state index is 14.2. The van der Waals surface area contributed by atoms with E-state index < -0.39 is 5.67 Å². The second kappa shape index (κ2) is 5.26. The topological polar surface area (TPSA) is 15.3 Å². The van der Waals surface area contributed by atoms with Crippen molar-refractivity contribution in [2.75, 3.05) is 32.7 Å². The van der Waals surface area contributed by atoms with Crippen molar-refractivity contribution in [2.24, 2.45) is 0 Å². The standard InChI is InChI=1S/C12H23FN2/c13-12(5-4-7-14-11-12)6-10-15-8-2-1-3-9-15/h14H,1-11H2. The van der Waals surface area contributed by atoms with E-state index in [4.69, 9.17) is 0 Å². The lowest BCUT2D eigenvalue weighted by Crippen LogP contribution is -2.45. The zero-order valence-electron chi connectivity index (χ0n) is 9.60. The monoisotopic (exact) mass is 214 g/mol. The van der Waals surface area contributed by atoms with Crippen molar-refractivity contribution in [3.05, 3.63) is 0 Å². The summed E-state index contributed by atoms with van der Waals surface area (Å²) in [6.07, 6.45) is 6.44. The van der Waals surface area contributed by atoms with Gasteiger partial charge >= 0.3 is 0 Å². The number of likely N-dealkylation sites (tertiary alicyclic amines) is 1. The molecule has 0 radical (unpaired) electrons. The molecule has 15 heavy (non-hydrogen) atoms. The molecule has 2 fully saturated rings. The van der Waals surface area contributed by atoms with Gasteiger partial charge in [0.25, 0.3) is 0 Å². The zero-order chi connectivity index (χ0) is 10.6. The normalized spacial score (nSPS) is 34.2. The summed E-state index contributed by atoms with van der Waals surface area (Å²) in [4.78, 5) is 2.43. The van der Waals surface area contributed by atoms with Crippen LogP contribution >= 0.6 is 0 Å². The molecule has 2 aliphatic heterocycles. The zero-order valence-corrected chi connectivity index (χ0v) is 9.60. The Morgan fingerprint density at radius 1 is 1.13 bits per heavy atom. The van der Waals surface area contributed by atoms with Crippen molar-refractivity contribution < 1.29 is 4.39 Å². The maximum Gasteiger partial charge on any atom is 0.124 e. The highest BCUT2D eigenvalue weighted by Gasteiger charge is 2.31. The highest BCUT2D eigenvalue weighted by atomic mass is 19.1. The van der Waals surface area contributed by atoms with Gasteiger partial charge in [-0.05, 0) is 51.7 Å². The predicted octanol–water partition coefficient (Wildman–Crippen LogP) is 1.95. The lowest BCUT2D eigenvalue weighted by molar-refractivity contribution is 0.0882. The van der Waals surface area contributed by atoms with Gasteiger partial charge in [0.05, 0.1) is 0 Å². The van der Waals surface area contributed by atoms with E-state index in [1.807, 2.05) is 0 Å². The van der Waals surface area contributed by atoms with Gasteiger partial charge in [0.15, 0.2) is 0 Å². The fourth-order valence-corrected chi connectivity index (χ4v) is 2.69. The predicted molar refractivity (Wildman–Crippen MR) is 60.9 cm³/mol. The minimum atomic E-state index is -0.921. The first-order chi connectivity index (χ1) is 7.29. The Labute approximate surface area is 92.2 Å². The van der Waals surface area contributed by atoms with E-state index in [-0.39, 0.29) is 0 Å². The third kappa shape index (κ3) is 3.42. The van der Waals surface area contributed by atoms with Crippen molar-refractivity contribution in [1.82, 2.24) is 10.2 Å². The minimum Gasteiger partial charge on any atom is -0.314 e. The molecule has 0 aliphatic carbocycles. The van der Waals surface area contributed by atoms with Crippen LogP contribution in [0.4, 0.5) is 4.39 Å². The molecule has 2 saturated heterocycles. The SMILES string of the molecule is FC1(CCN2CCCCC2)CCCNC1. The van der Waals surface area contributed by atoms with Gasteiger partial charge < -0.3 is 10.2 Å². The van der Waals surface area contributed by atoms with E-state index >= 15 is 0 Å². The van der Waals surface area contributed by atoms with Crippen molar-refractivity contribution >= 4 is 0 Å². The molecular formula is C12H23FN2. The summed E-state index contributed by atoms with van der Waals surface area (Å²) in [7, 11) is 0. The quantitative estimate of drug-likeness (QED) is 0.772. The van der Waals surface area contributed by atoms with Crippen LogP contribution in [0.5, 0.6) is 0 Å². The maximum absolute atomic E-state index is 14.2. The Kier molecular flexibility index (Phi) is 3.98. The lowest BCUT2D eigenvalue weighted by Gasteiger charge is -2.33. The van der Waals surface area contributed by atoms with Gasteiger partial charge in [-0.3, -0.25) is 0 Å². The number of hydrogen-bond donors (Lipinski definition) is 1. The second-order valence-electron chi connectivity index (χ2n) is 5.08. The molecule has 2 rings (SSSR count). The smallest absolute Gasteiger partial charge is 0.124 e. The Bertz CT molecular complexity index is 184. The van der Waals surface area contributed by atoms with Crippen molar-refractivity contribution in [3.8, 4) is 0 Å². The highest BCUT2D eigenvalue weighted by molar-refractivity contribution is 4.86. The molecular weight excluding hydrogens is 191 g/mol. The second-order valence-corrected chi connectivity index (χ2v) is 5.08. The molecule has 1 unspecified atom stereocenters. The van der Waals surface area contributed by atoms with E-state index in [0.29, 0.717) is 6.54 Å². The van der Waals surface area contributed by atoms with Gasteiger partial charge in [-0.25, -0.2) is 4.39 Å². The number of halogens is 1. The summed E-state index contributed by atoms with van der Waals surface area (Å²) in [6.45, 7) is 4.89. The van der Waals surface area contributed by atoms with Crippen LogP contribution < -0.4 is 5.32 Å². The minimum absolute atomic E-state index is 0.570. The molecule has 0 spiro atoms. The molecule has 0 aromatic carbocycles. The molecule has 0 bridgehead atoms. The molecule has 88 valence electrons. The summed E-state index contributed by atoms with van der Waals surface area (Å²) < 4.78 is 14.2. The first-order valence-electron chi connectivity index (χ1n) is 6.41. The number of nitrogens with zero attached hydrogens (tertiary/aromatic N) is 1. The van der Waals surface area contributed by atoms with Crippen LogP contribution in [0.2, 0.25) is 0 Å². The molecule has 2 nitrogen and oxygen atoms in total. The van der Waals surface area contributed by atoms with Gasteiger partial charge in [0.2, 0.25) is 0 Å². The first kappa shape index (κ1) is 11.3. The fraction of sp³-hybridized carbons (Fsp3) is 1.00. The van der Waals surface area contributed by atoms with Crippen LogP contribution in [-0.2, 0) is 0 Å². The fourth-order valence-electron chi connectivity index (χ4n) is 2.69. The Morgan fingerprint density at radius 2 is 1.93 bits per heavy atom. The van der Waals surface area contributed by atoms with Crippen LogP contribution in [0.25, 0.3) is 0 Å². The van der Waals surface area contributed by atoms with E-state index in [2.05, 4.69) is 10.2 Å². The van der Waals surface area contributed by atoms with Crippen LogP contribution in [0.15, 0.2) is 0 Å². The van der Waals surface area contributed by atoms with E-state index in [9.17, 15) is 4.39 Å². The van der Waals surface area contributed by atoms with Crippen LogP contribution in [0.1, 0.15) is 38.5 Å². The molecule has 0 amide bonds. The Balaban J connectivity index is 1.70. The highest BCUT2D eigenvalue weighted by Crippen LogP contribution is 2.25. The van der Waals surface area contributed by atoms with Crippen molar-refractivity contribution in [1.29, 1.82) is 0 Å². The molecule has 0 aromatic rings. The summed E-state index contributed by atoms with van der Waals surface area (Å²) in [5, 5.41) is 3.17. The molecule has 2 aliphatic rings. The lowest BCUT2D eigenvalue weighted by atomic mass is 9.92. The summed E-state index contributed by atoms with van der Waals surface area (Å²) in [6, 6.07) is 0. The number of alkyl halides is 1. The largest absolute Gasteiger partial charge is 0.314 e. The molecule has 1 N–H and O–H groups in total. The molecule has 3 heteroatoms. The number of piperidine rings is 2. The molecule has 2 heterocycles. The van der Waals surface area contributed by atoms with Gasteiger partial charge in [0.1, 0.15) is 5.67 Å². The van der Waals surface area contributed by atoms with Crippen molar-refractivity contribution in [3.63, 3.8) is 0 Å². The molecule has 0 aromatic heterocycles. The third-order valence-electron chi connectivity index (χ3n) is 3.74. The van der Waals surface area contributed by atoms with Gasteiger partial charge in [-0.15, -0.1) is 0 Å². The molecule has 0 saturated carbocycles. The summed E-state index contributed by atoms with van der Waals surface area (Å²) in [5.41, 5.74) is -0.921. The van der Waals surface area contributed by atoms with Gasteiger partial charge in [-0.1, -0.05) is 6.42 Å². The Hall–Kier alpha value is -0.150. The summed E-state index contributed by atoms with van der Waals surface area (Å²) in [5.74, 6) is 0. The van der Waals surface area contributed by atoms with Crippen molar-refractivity contribution in [2.45, 2.75) is 44.2 Å². The van der Waals surface area contributed by atoms with Crippen LogP contribution in [0.3, 0.4) is 0 Å². The van der Waals surface area contributed by atoms with Crippen LogP contribution in [0, 0.1) is 0 Å². The third-order valence-corrected chi connectivity index (χ3v) is 3.74. The van der Waals surface area contributed by atoms with Crippen LogP contribution in [-0.4, -0.2) is 43.3 Å². The number of nitrogens with one attached hydrogen (secondary N) is 1. The molecule has 1 atom stereocenters. The van der Waals surface area contributed by atoms with E-state index in [1.165, 1.54) is 32.4 Å². The average Bonchev–Trinajstić information content (AvgIpc) is 2.29.